The Kier molecular flexibility index (Phi) is 4.49. The molecule has 144 valence electrons. The van der Waals surface area contributed by atoms with Crippen molar-refractivity contribution in [2.24, 2.45) is 17.8 Å². The number of hydrogen-bond donors (Lipinski definition) is 2. The number of nitro groups is 1. The smallest absolute Gasteiger partial charge is 0.321 e. The Hall–Kier alpha value is -2.64. The van der Waals surface area contributed by atoms with Gasteiger partial charge in [-0.1, -0.05) is 12.1 Å². The number of imide groups is 1. The number of benzene rings is 1. The van der Waals surface area contributed by atoms with E-state index in [2.05, 4.69) is 10.6 Å². The number of carbonyl (C=O) groups is 2. The van der Waals surface area contributed by atoms with Crippen molar-refractivity contribution in [3.63, 3.8) is 0 Å². The standard InChI is InChI=1S/C19H23N3O5/c23-17(11-27-16-4-2-1-3-15(16)22(25)26)20-18(24)21-19-8-12-5-13(9-19)7-14(6-12)10-19/h1-4,12-14H,5-11H2,(H2,20,21,23,24). The van der Waals surface area contributed by atoms with E-state index in [4.69, 9.17) is 4.74 Å². The molecule has 4 aliphatic rings. The summed E-state index contributed by atoms with van der Waals surface area (Å²) in [7, 11) is 0. The fourth-order valence-corrected chi connectivity index (χ4v) is 5.57. The molecule has 0 unspecified atom stereocenters. The van der Waals surface area contributed by atoms with E-state index in [9.17, 15) is 19.7 Å². The van der Waals surface area contributed by atoms with Gasteiger partial charge in [0, 0.05) is 11.6 Å². The van der Waals surface area contributed by atoms with E-state index < -0.39 is 23.5 Å². The van der Waals surface area contributed by atoms with Crippen LogP contribution in [0.5, 0.6) is 5.75 Å². The van der Waals surface area contributed by atoms with Gasteiger partial charge in [0.25, 0.3) is 5.91 Å². The first-order valence-electron chi connectivity index (χ1n) is 9.41. The Morgan fingerprint density at radius 2 is 1.70 bits per heavy atom. The summed E-state index contributed by atoms with van der Waals surface area (Å²) in [5, 5.41) is 16.3. The molecule has 4 saturated carbocycles. The zero-order valence-electron chi connectivity index (χ0n) is 15.0. The van der Waals surface area contributed by atoms with Gasteiger partial charge in [-0.25, -0.2) is 4.79 Å². The van der Waals surface area contributed by atoms with Crippen LogP contribution in [0.2, 0.25) is 0 Å². The third-order valence-corrected chi connectivity index (χ3v) is 6.09. The van der Waals surface area contributed by atoms with Gasteiger partial charge in [0.2, 0.25) is 0 Å². The van der Waals surface area contributed by atoms with E-state index in [1.54, 1.807) is 6.07 Å². The molecule has 4 fully saturated rings. The van der Waals surface area contributed by atoms with Gasteiger partial charge in [0.1, 0.15) is 0 Å². The average Bonchev–Trinajstić information content (AvgIpc) is 2.58. The van der Waals surface area contributed by atoms with Gasteiger partial charge >= 0.3 is 11.7 Å². The van der Waals surface area contributed by atoms with Crippen LogP contribution in [0.15, 0.2) is 24.3 Å². The van der Waals surface area contributed by atoms with Crippen LogP contribution in [-0.4, -0.2) is 29.0 Å². The number of ether oxygens (including phenoxy) is 1. The fourth-order valence-electron chi connectivity index (χ4n) is 5.57. The van der Waals surface area contributed by atoms with Gasteiger partial charge in [0.15, 0.2) is 12.4 Å². The maximum atomic E-state index is 12.3. The molecule has 3 amide bonds. The molecule has 1 aromatic carbocycles. The molecular formula is C19H23N3O5. The van der Waals surface area contributed by atoms with E-state index in [0.29, 0.717) is 17.8 Å². The number of hydrogen-bond acceptors (Lipinski definition) is 5. The second-order valence-corrected chi connectivity index (χ2v) is 8.21. The van der Waals surface area contributed by atoms with Gasteiger partial charge in [-0.05, 0) is 62.3 Å². The largest absolute Gasteiger partial charge is 0.477 e. The van der Waals surface area contributed by atoms with Crippen LogP contribution in [0.4, 0.5) is 10.5 Å². The van der Waals surface area contributed by atoms with Crippen molar-refractivity contribution in [3.8, 4) is 5.75 Å². The maximum Gasteiger partial charge on any atom is 0.321 e. The Morgan fingerprint density at radius 3 is 2.30 bits per heavy atom. The van der Waals surface area contributed by atoms with Crippen LogP contribution in [0.25, 0.3) is 0 Å². The second kappa shape index (κ2) is 6.83. The van der Waals surface area contributed by atoms with Gasteiger partial charge in [-0.2, -0.15) is 0 Å². The molecule has 0 heterocycles. The van der Waals surface area contributed by atoms with Crippen molar-refractivity contribution in [2.75, 3.05) is 6.61 Å². The molecule has 0 atom stereocenters. The zero-order chi connectivity index (χ0) is 19.0. The summed E-state index contributed by atoms with van der Waals surface area (Å²) in [6.07, 6.45) is 6.79. The highest BCUT2D eigenvalue weighted by Gasteiger charge is 2.51. The Morgan fingerprint density at radius 1 is 1.11 bits per heavy atom. The van der Waals surface area contributed by atoms with Crippen molar-refractivity contribution >= 4 is 17.6 Å². The van der Waals surface area contributed by atoms with Crippen molar-refractivity contribution < 1.29 is 19.2 Å². The van der Waals surface area contributed by atoms with E-state index in [1.807, 2.05) is 0 Å². The van der Waals surface area contributed by atoms with Gasteiger partial charge in [0.05, 0.1) is 4.92 Å². The molecule has 2 N–H and O–H groups in total. The topological polar surface area (TPSA) is 111 Å². The predicted molar refractivity (Wildman–Crippen MR) is 96.2 cm³/mol. The lowest BCUT2D eigenvalue weighted by atomic mass is 9.53. The minimum absolute atomic E-state index is 0.000794. The SMILES string of the molecule is O=C(COc1ccccc1[N+](=O)[O-])NC(=O)NC12CC3CC(CC(C3)C1)C2. The number of urea groups is 1. The quantitative estimate of drug-likeness (QED) is 0.609. The maximum absolute atomic E-state index is 12.3. The third-order valence-electron chi connectivity index (χ3n) is 6.09. The van der Waals surface area contributed by atoms with Crippen molar-refractivity contribution in [3.05, 3.63) is 34.4 Å². The van der Waals surface area contributed by atoms with Crippen molar-refractivity contribution in [1.82, 2.24) is 10.6 Å². The van der Waals surface area contributed by atoms with Crippen LogP contribution in [0.3, 0.4) is 0 Å². The van der Waals surface area contributed by atoms with E-state index >= 15 is 0 Å². The average molecular weight is 373 g/mol. The van der Waals surface area contributed by atoms with Crippen LogP contribution < -0.4 is 15.4 Å². The zero-order valence-corrected chi connectivity index (χ0v) is 15.0. The highest BCUT2D eigenvalue weighted by atomic mass is 16.6. The molecule has 0 aromatic heterocycles. The summed E-state index contributed by atoms with van der Waals surface area (Å²) in [5.74, 6) is 1.44. The number of nitro benzene ring substituents is 1. The molecule has 27 heavy (non-hydrogen) atoms. The summed E-state index contributed by atoms with van der Waals surface area (Å²) < 4.78 is 5.22. The first-order valence-corrected chi connectivity index (χ1v) is 9.41. The molecule has 0 radical (unpaired) electrons. The minimum Gasteiger partial charge on any atom is -0.477 e. The summed E-state index contributed by atoms with van der Waals surface area (Å²) in [5.41, 5.74) is -0.402. The summed E-state index contributed by atoms with van der Waals surface area (Å²) in [6, 6.07) is 5.31. The highest BCUT2D eigenvalue weighted by molar-refractivity contribution is 5.95. The fraction of sp³-hybridized carbons (Fsp3) is 0.579. The number of amides is 3. The first kappa shape index (κ1) is 17.8. The molecule has 5 rings (SSSR count). The van der Waals surface area contributed by atoms with Gasteiger partial charge in [-0.15, -0.1) is 0 Å². The molecule has 8 nitrogen and oxygen atoms in total. The Bertz CT molecular complexity index is 743. The summed E-state index contributed by atoms with van der Waals surface area (Å²) >= 11 is 0. The lowest BCUT2D eigenvalue weighted by Gasteiger charge is -2.56. The second-order valence-electron chi connectivity index (χ2n) is 8.21. The third kappa shape index (κ3) is 3.74. The van der Waals surface area contributed by atoms with E-state index in [-0.39, 0.29) is 17.0 Å². The van der Waals surface area contributed by atoms with E-state index in [0.717, 1.165) is 19.3 Å². The monoisotopic (exact) mass is 373 g/mol. The highest BCUT2D eigenvalue weighted by Crippen LogP contribution is 2.55. The molecule has 1 aromatic rings. The first-order chi connectivity index (χ1) is 12.9. The Balaban J connectivity index is 1.30. The molecule has 8 heteroatoms. The molecule has 4 bridgehead atoms. The number of nitrogens with one attached hydrogen (secondary N) is 2. The lowest BCUT2D eigenvalue weighted by Crippen LogP contribution is -2.62. The number of para-hydroxylation sites is 2. The van der Waals surface area contributed by atoms with Crippen molar-refractivity contribution in [2.45, 2.75) is 44.1 Å². The summed E-state index contributed by atoms with van der Waals surface area (Å²) in [6.45, 7) is -0.459. The number of carbonyl (C=O) groups excluding carboxylic acids is 2. The number of rotatable bonds is 5. The molecule has 4 aliphatic carbocycles. The molecular weight excluding hydrogens is 350 g/mol. The molecule has 0 saturated heterocycles. The Labute approximate surface area is 156 Å². The minimum atomic E-state index is -0.629. The van der Waals surface area contributed by atoms with Crippen molar-refractivity contribution in [1.29, 1.82) is 0 Å². The normalized spacial score (nSPS) is 30.6. The molecule has 0 aliphatic heterocycles. The van der Waals surface area contributed by atoms with Crippen LogP contribution in [0.1, 0.15) is 38.5 Å². The van der Waals surface area contributed by atoms with Gasteiger partial charge < -0.3 is 10.1 Å². The van der Waals surface area contributed by atoms with E-state index in [1.165, 1.54) is 37.5 Å². The van der Waals surface area contributed by atoms with Crippen LogP contribution in [0, 0.1) is 27.9 Å². The predicted octanol–water partition coefficient (Wildman–Crippen LogP) is 2.77. The number of nitrogens with zero attached hydrogens (tertiary/aromatic N) is 1. The van der Waals surface area contributed by atoms with Gasteiger partial charge in [-0.3, -0.25) is 20.2 Å². The van der Waals surface area contributed by atoms with Crippen LogP contribution in [-0.2, 0) is 4.79 Å². The summed E-state index contributed by atoms with van der Waals surface area (Å²) in [4.78, 5) is 34.7. The van der Waals surface area contributed by atoms with Crippen LogP contribution >= 0.6 is 0 Å². The lowest BCUT2D eigenvalue weighted by molar-refractivity contribution is -0.385. The molecule has 0 spiro atoms.